The van der Waals surface area contributed by atoms with E-state index in [-0.39, 0.29) is 5.91 Å². The molecule has 0 spiro atoms. The standard InChI is InChI=1S/C21H25N5OS/c1-14-5-7-16(8-6-14)20-23-24-21(28)26(20)12-11-19(27)22-18-10-9-17(25(3)4)13-15(18)2/h5-10,13H,11-12H2,1-4H3,(H,22,27)(H,24,28). The van der Waals surface area contributed by atoms with Crippen molar-refractivity contribution >= 4 is 29.5 Å². The number of aryl methyl sites for hydroxylation is 2. The lowest BCUT2D eigenvalue weighted by Gasteiger charge is -2.15. The van der Waals surface area contributed by atoms with Gasteiger partial charge in [0.25, 0.3) is 0 Å². The summed E-state index contributed by atoms with van der Waals surface area (Å²) in [7, 11) is 3.99. The fourth-order valence-electron chi connectivity index (χ4n) is 2.94. The van der Waals surface area contributed by atoms with Gasteiger partial charge in [-0.3, -0.25) is 14.5 Å². The van der Waals surface area contributed by atoms with E-state index in [0.717, 1.165) is 28.3 Å². The van der Waals surface area contributed by atoms with Gasteiger partial charge in [0.05, 0.1) is 0 Å². The first-order chi connectivity index (χ1) is 13.3. The first-order valence-electron chi connectivity index (χ1n) is 9.15. The zero-order valence-corrected chi connectivity index (χ0v) is 17.4. The number of hydrogen-bond donors (Lipinski definition) is 2. The Labute approximate surface area is 170 Å². The van der Waals surface area contributed by atoms with Crippen LogP contribution in [0.15, 0.2) is 42.5 Å². The summed E-state index contributed by atoms with van der Waals surface area (Å²) < 4.78 is 2.37. The molecule has 0 aliphatic rings. The Morgan fingerprint density at radius 1 is 1.18 bits per heavy atom. The van der Waals surface area contributed by atoms with E-state index >= 15 is 0 Å². The molecule has 0 fully saturated rings. The van der Waals surface area contributed by atoms with Crippen LogP contribution >= 0.6 is 12.2 Å². The van der Waals surface area contributed by atoms with E-state index in [4.69, 9.17) is 12.2 Å². The normalized spacial score (nSPS) is 10.7. The van der Waals surface area contributed by atoms with E-state index in [2.05, 4.69) is 21.6 Å². The minimum absolute atomic E-state index is 0.0568. The molecule has 3 rings (SSSR count). The summed E-state index contributed by atoms with van der Waals surface area (Å²) in [6.07, 6.45) is 0.307. The van der Waals surface area contributed by atoms with E-state index in [1.807, 2.05) is 73.8 Å². The van der Waals surface area contributed by atoms with Gasteiger partial charge in [0.15, 0.2) is 10.6 Å². The van der Waals surface area contributed by atoms with E-state index in [9.17, 15) is 4.79 Å². The predicted molar refractivity (Wildman–Crippen MR) is 116 cm³/mol. The van der Waals surface area contributed by atoms with Gasteiger partial charge < -0.3 is 10.2 Å². The van der Waals surface area contributed by atoms with Gasteiger partial charge in [0.2, 0.25) is 5.91 Å². The number of aromatic amines is 1. The van der Waals surface area contributed by atoms with Crippen molar-refractivity contribution in [3.05, 3.63) is 58.4 Å². The SMILES string of the molecule is Cc1ccc(-c2n[nH]c(=S)n2CCC(=O)Nc2ccc(N(C)C)cc2C)cc1. The zero-order chi connectivity index (χ0) is 20.3. The topological polar surface area (TPSA) is 66.0 Å². The summed E-state index contributed by atoms with van der Waals surface area (Å²) >= 11 is 5.35. The lowest BCUT2D eigenvalue weighted by molar-refractivity contribution is -0.116. The molecule has 7 heteroatoms. The fourth-order valence-corrected chi connectivity index (χ4v) is 3.16. The summed E-state index contributed by atoms with van der Waals surface area (Å²) in [5, 5.41) is 10.1. The number of nitrogens with zero attached hydrogens (tertiary/aromatic N) is 3. The van der Waals surface area contributed by atoms with Gasteiger partial charge in [-0.25, -0.2) is 0 Å². The van der Waals surface area contributed by atoms with Crippen LogP contribution in [0.5, 0.6) is 0 Å². The largest absolute Gasteiger partial charge is 0.378 e. The van der Waals surface area contributed by atoms with Crippen molar-refractivity contribution in [3.8, 4) is 11.4 Å². The van der Waals surface area contributed by atoms with E-state index in [1.54, 1.807) is 0 Å². The third-order valence-electron chi connectivity index (χ3n) is 4.63. The van der Waals surface area contributed by atoms with Crippen molar-refractivity contribution in [1.29, 1.82) is 0 Å². The lowest BCUT2D eigenvalue weighted by atomic mass is 10.1. The zero-order valence-electron chi connectivity index (χ0n) is 16.6. The molecular formula is C21H25N5OS. The number of carbonyl (C=O) groups is 1. The van der Waals surface area contributed by atoms with E-state index < -0.39 is 0 Å². The highest BCUT2D eigenvalue weighted by Crippen LogP contribution is 2.22. The third-order valence-corrected chi connectivity index (χ3v) is 4.94. The Morgan fingerprint density at radius 3 is 2.54 bits per heavy atom. The fraction of sp³-hybridized carbons (Fsp3) is 0.286. The summed E-state index contributed by atoms with van der Waals surface area (Å²) in [5.41, 5.74) is 5.10. The highest BCUT2D eigenvalue weighted by Gasteiger charge is 2.12. The van der Waals surface area contributed by atoms with Crippen molar-refractivity contribution < 1.29 is 4.79 Å². The molecular weight excluding hydrogens is 370 g/mol. The predicted octanol–water partition coefficient (Wildman–Crippen LogP) is 4.32. The van der Waals surface area contributed by atoms with Crippen molar-refractivity contribution in [2.45, 2.75) is 26.8 Å². The van der Waals surface area contributed by atoms with Crippen LogP contribution < -0.4 is 10.2 Å². The maximum atomic E-state index is 12.5. The number of nitrogens with one attached hydrogen (secondary N) is 2. The Balaban J connectivity index is 1.69. The van der Waals surface area contributed by atoms with Crippen molar-refractivity contribution in [1.82, 2.24) is 14.8 Å². The van der Waals surface area contributed by atoms with Crippen LogP contribution in [0.3, 0.4) is 0 Å². The molecule has 6 nitrogen and oxygen atoms in total. The number of amides is 1. The van der Waals surface area contributed by atoms with Gasteiger partial charge in [0.1, 0.15) is 0 Å². The summed E-state index contributed by atoms with van der Waals surface area (Å²) in [4.78, 5) is 14.5. The third kappa shape index (κ3) is 4.48. The molecule has 1 amide bonds. The molecule has 1 heterocycles. The van der Waals surface area contributed by atoms with Gasteiger partial charge in [-0.1, -0.05) is 29.8 Å². The first kappa shape index (κ1) is 19.8. The molecule has 0 aliphatic heterocycles. The molecule has 1 aromatic heterocycles. The second kappa shape index (κ2) is 8.39. The number of rotatable bonds is 6. The molecule has 0 atom stereocenters. The van der Waals surface area contributed by atoms with Crippen LogP contribution in [-0.2, 0) is 11.3 Å². The Morgan fingerprint density at radius 2 is 1.89 bits per heavy atom. The number of H-pyrrole nitrogens is 1. The molecule has 146 valence electrons. The van der Waals surface area contributed by atoms with Crippen molar-refractivity contribution in [2.75, 3.05) is 24.3 Å². The molecule has 0 saturated carbocycles. The maximum Gasteiger partial charge on any atom is 0.226 e. The van der Waals surface area contributed by atoms with Crippen LogP contribution in [-0.4, -0.2) is 34.8 Å². The average molecular weight is 396 g/mol. The molecule has 0 saturated heterocycles. The van der Waals surface area contributed by atoms with Gasteiger partial charge in [0, 0.05) is 44.0 Å². The second-order valence-corrected chi connectivity index (χ2v) is 7.45. The summed E-state index contributed by atoms with van der Waals surface area (Å²) in [5.74, 6) is 0.683. The van der Waals surface area contributed by atoms with Crippen LogP contribution in [0.2, 0.25) is 0 Å². The van der Waals surface area contributed by atoms with Crippen molar-refractivity contribution in [3.63, 3.8) is 0 Å². The maximum absolute atomic E-state index is 12.5. The Kier molecular flexibility index (Phi) is 5.94. The van der Waals surface area contributed by atoms with Gasteiger partial charge in [-0.05, 0) is 49.8 Å². The second-order valence-electron chi connectivity index (χ2n) is 7.06. The minimum atomic E-state index is -0.0568. The van der Waals surface area contributed by atoms with Crippen LogP contribution in [0, 0.1) is 18.6 Å². The van der Waals surface area contributed by atoms with E-state index in [1.165, 1.54) is 5.56 Å². The average Bonchev–Trinajstić information content (AvgIpc) is 3.02. The molecule has 0 unspecified atom stereocenters. The molecule has 0 aliphatic carbocycles. The molecule has 2 aromatic carbocycles. The molecule has 0 radical (unpaired) electrons. The highest BCUT2D eigenvalue weighted by molar-refractivity contribution is 7.71. The van der Waals surface area contributed by atoms with E-state index in [0.29, 0.717) is 17.7 Å². The van der Waals surface area contributed by atoms with Gasteiger partial charge in [-0.15, -0.1) is 0 Å². The smallest absolute Gasteiger partial charge is 0.226 e. The van der Waals surface area contributed by atoms with Crippen LogP contribution in [0.4, 0.5) is 11.4 Å². The van der Waals surface area contributed by atoms with Crippen LogP contribution in [0.1, 0.15) is 17.5 Å². The van der Waals surface area contributed by atoms with Crippen LogP contribution in [0.25, 0.3) is 11.4 Å². The number of benzene rings is 2. The summed E-state index contributed by atoms with van der Waals surface area (Å²) in [6.45, 7) is 4.49. The molecule has 2 N–H and O–H groups in total. The molecule has 0 bridgehead atoms. The quantitative estimate of drug-likeness (QED) is 0.610. The first-order valence-corrected chi connectivity index (χ1v) is 9.56. The molecule has 28 heavy (non-hydrogen) atoms. The number of anilines is 2. The Bertz CT molecular complexity index is 1030. The highest BCUT2D eigenvalue weighted by atomic mass is 32.1. The van der Waals surface area contributed by atoms with Gasteiger partial charge >= 0.3 is 0 Å². The number of aromatic nitrogens is 3. The lowest BCUT2D eigenvalue weighted by Crippen LogP contribution is -2.16. The Hall–Kier alpha value is -2.93. The minimum Gasteiger partial charge on any atom is -0.378 e. The number of carbonyl (C=O) groups excluding carboxylic acids is 1. The van der Waals surface area contributed by atoms with Gasteiger partial charge in [-0.2, -0.15) is 5.10 Å². The monoisotopic (exact) mass is 395 g/mol. The number of hydrogen-bond acceptors (Lipinski definition) is 4. The summed E-state index contributed by atoms with van der Waals surface area (Å²) in [6, 6.07) is 14.1. The van der Waals surface area contributed by atoms with Crippen molar-refractivity contribution in [2.24, 2.45) is 0 Å². The molecule has 3 aromatic rings.